The van der Waals surface area contributed by atoms with E-state index in [1.54, 1.807) is 35.7 Å². The molecule has 30 heavy (non-hydrogen) atoms. The van der Waals surface area contributed by atoms with Crippen LogP contribution in [0.2, 0.25) is 0 Å². The van der Waals surface area contributed by atoms with Crippen LogP contribution >= 0.6 is 11.3 Å². The van der Waals surface area contributed by atoms with Gasteiger partial charge in [-0.3, -0.25) is 9.52 Å². The Morgan fingerprint density at radius 1 is 1.03 bits per heavy atom. The molecule has 0 aliphatic rings. The highest BCUT2D eigenvalue weighted by Crippen LogP contribution is 2.20. The molecule has 2 N–H and O–H groups in total. The molecule has 0 spiro atoms. The molecule has 3 rings (SSSR count). The van der Waals surface area contributed by atoms with Crippen molar-refractivity contribution in [1.29, 1.82) is 0 Å². The van der Waals surface area contributed by atoms with Gasteiger partial charge in [0.05, 0.1) is 6.54 Å². The van der Waals surface area contributed by atoms with E-state index in [-0.39, 0.29) is 10.1 Å². The Morgan fingerprint density at radius 2 is 1.77 bits per heavy atom. The number of rotatable bonds is 10. The average molecular weight is 445 g/mol. The lowest BCUT2D eigenvalue weighted by Gasteiger charge is -2.09. The van der Waals surface area contributed by atoms with Crippen LogP contribution in [0.15, 0.2) is 70.3 Å². The molecule has 3 aromatic rings. The Hall–Kier alpha value is -2.84. The van der Waals surface area contributed by atoms with Crippen LogP contribution < -0.4 is 14.8 Å². The molecule has 0 saturated carbocycles. The molecule has 1 heterocycles. The molecule has 6 nitrogen and oxygen atoms in total. The van der Waals surface area contributed by atoms with E-state index in [0.717, 1.165) is 29.9 Å². The number of carbonyl (C=O) groups excluding carboxylic acids is 1. The first-order valence-electron chi connectivity index (χ1n) is 9.64. The molecular formula is C22H24N2O4S2. The zero-order chi connectivity index (χ0) is 21.4. The standard InChI is InChI=1S/C22H24N2O4S2/c1-2-4-17-6-12-20(13-7-17)28-15-14-23-22(25)18-8-10-19(11-9-18)24-30(26,27)21-5-3-16-29-21/h3,5-13,16,24H,2,4,14-15H2,1H3,(H,23,25). The quantitative estimate of drug-likeness (QED) is 0.457. The Morgan fingerprint density at radius 3 is 2.40 bits per heavy atom. The molecule has 1 amide bonds. The number of thiophene rings is 1. The number of hydrogen-bond donors (Lipinski definition) is 2. The van der Waals surface area contributed by atoms with Crippen molar-refractivity contribution in [3.8, 4) is 5.75 Å². The summed E-state index contributed by atoms with van der Waals surface area (Å²) in [6.07, 6.45) is 2.15. The van der Waals surface area contributed by atoms with Crippen molar-refractivity contribution in [2.24, 2.45) is 0 Å². The number of hydrogen-bond acceptors (Lipinski definition) is 5. The molecule has 0 aliphatic heterocycles. The van der Waals surface area contributed by atoms with E-state index in [4.69, 9.17) is 4.74 Å². The minimum atomic E-state index is -3.60. The van der Waals surface area contributed by atoms with Crippen molar-refractivity contribution in [3.05, 3.63) is 77.2 Å². The molecule has 158 valence electrons. The average Bonchev–Trinajstić information content (AvgIpc) is 3.29. The van der Waals surface area contributed by atoms with Gasteiger partial charge in [0.25, 0.3) is 15.9 Å². The largest absolute Gasteiger partial charge is 0.492 e. The first-order valence-corrected chi connectivity index (χ1v) is 12.0. The van der Waals surface area contributed by atoms with Crippen molar-refractivity contribution >= 4 is 33.0 Å². The van der Waals surface area contributed by atoms with Crippen LogP contribution in [0.4, 0.5) is 5.69 Å². The predicted octanol–water partition coefficient (Wildman–Crippen LogP) is 4.31. The fourth-order valence-electron chi connectivity index (χ4n) is 2.79. The summed E-state index contributed by atoms with van der Waals surface area (Å²) in [6, 6.07) is 17.5. The van der Waals surface area contributed by atoms with Gasteiger partial charge in [-0.2, -0.15) is 0 Å². The van der Waals surface area contributed by atoms with E-state index in [1.807, 2.05) is 24.3 Å². The van der Waals surface area contributed by atoms with Crippen LogP contribution in [-0.2, 0) is 16.4 Å². The van der Waals surface area contributed by atoms with Crippen LogP contribution in [0.3, 0.4) is 0 Å². The zero-order valence-electron chi connectivity index (χ0n) is 16.6. The molecule has 0 aliphatic carbocycles. The maximum Gasteiger partial charge on any atom is 0.271 e. The minimum absolute atomic E-state index is 0.240. The Balaban J connectivity index is 1.45. The van der Waals surface area contributed by atoms with Crippen LogP contribution in [0.1, 0.15) is 29.3 Å². The third-order valence-corrected chi connectivity index (χ3v) is 7.06. The van der Waals surface area contributed by atoms with Crippen molar-refractivity contribution in [1.82, 2.24) is 5.32 Å². The number of carbonyl (C=O) groups is 1. The number of anilines is 1. The van der Waals surface area contributed by atoms with E-state index >= 15 is 0 Å². The van der Waals surface area contributed by atoms with Gasteiger partial charge in [0, 0.05) is 11.3 Å². The van der Waals surface area contributed by atoms with Crippen molar-refractivity contribution in [2.75, 3.05) is 17.9 Å². The smallest absolute Gasteiger partial charge is 0.271 e. The summed E-state index contributed by atoms with van der Waals surface area (Å²) < 4.78 is 32.8. The zero-order valence-corrected chi connectivity index (χ0v) is 18.3. The first-order chi connectivity index (χ1) is 14.5. The highest BCUT2D eigenvalue weighted by Gasteiger charge is 2.15. The van der Waals surface area contributed by atoms with Gasteiger partial charge in [-0.1, -0.05) is 31.5 Å². The minimum Gasteiger partial charge on any atom is -0.492 e. The van der Waals surface area contributed by atoms with Gasteiger partial charge in [-0.25, -0.2) is 8.42 Å². The highest BCUT2D eigenvalue weighted by molar-refractivity contribution is 7.94. The maximum atomic E-state index is 12.3. The molecule has 2 aromatic carbocycles. The SMILES string of the molecule is CCCc1ccc(OCCNC(=O)c2ccc(NS(=O)(=O)c3cccs3)cc2)cc1. The summed E-state index contributed by atoms with van der Waals surface area (Å²) in [5.74, 6) is 0.524. The number of ether oxygens (including phenoxy) is 1. The predicted molar refractivity (Wildman–Crippen MR) is 120 cm³/mol. The monoisotopic (exact) mass is 444 g/mol. The molecule has 1 aromatic heterocycles. The number of sulfonamides is 1. The molecule has 0 unspecified atom stereocenters. The van der Waals surface area contributed by atoms with E-state index in [2.05, 4.69) is 17.0 Å². The number of amides is 1. The summed E-state index contributed by atoms with van der Waals surface area (Å²) in [6.45, 7) is 2.87. The van der Waals surface area contributed by atoms with Gasteiger partial charge in [0.2, 0.25) is 0 Å². The lowest BCUT2D eigenvalue weighted by atomic mass is 10.1. The molecule has 0 atom stereocenters. The van der Waals surface area contributed by atoms with Gasteiger partial charge in [-0.15, -0.1) is 11.3 Å². The molecule has 0 bridgehead atoms. The Kier molecular flexibility index (Phi) is 7.48. The third-order valence-electron chi connectivity index (χ3n) is 4.28. The third kappa shape index (κ3) is 6.08. The van der Waals surface area contributed by atoms with Gasteiger partial charge < -0.3 is 10.1 Å². The first kappa shape index (κ1) is 21.9. The highest BCUT2D eigenvalue weighted by atomic mass is 32.2. The Labute approximate surface area is 181 Å². The lowest BCUT2D eigenvalue weighted by molar-refractivity contribution is 0.0947. The summed E-state index contributed by atoms with van der Waals surface area (Å²) in [4.78, 5) is 12.3. The second-order valence-electron chi connectivity index (χ2n) is 6.61. The van der Waals surface area contributed by atoms with Crippen LogP contribution in [0.25, 0.3) is 0 Å². The van der Waals surface area contributed by atoms with E-state index < -0.39 is 10.0 Å². The van der Waals surface area contributed by atoms with Gasteiger partial charge >= 0.3 is 0 Å². The number of benzene rings is 2. The summed E-state index contributed by atoms with van der Waals surface area (Å²) in [5, 5.41) is 4.49. The lowest BCUT2D eigenvalue weighted by Crippen LogP contribution is -2.28. The van der Waals surface area contributed by atoms with Crippen LogP contribution in [0, 0.1) is 0 Å². The Bertz CT molecular complexity index is 1050. The van der Waals surface area contributed by atoms with E-state index in [1.165, 1.54) is 11.6 Å². The second-order valence-corrected chi connectivity index (χ2v) is 9.47. The molecule has 8 heteroatoms. The number of aryl methyl sites for hydroxylation is 1. The van der Waals surface area contributed by atoms with Crippen molar-refractivity contribution in [2.45, 2.75) is 24.0 Å². The molecule has 0 radical (unpaired) electrons. The van der Waals surface area contributed by atoms with E-state index in [9.17, 15) is 13.2 Å². The summed E-state index contributed by atoms with van der Waals surface area (Å²) in [5.41, 5.74) is 2.12. The fraction of sp³-hybridized carbons (Fsp3) is 0.227. The van der Waals surface area contributed by atoms with Crippen LogP contribution in [0.5, 0.6) is 5.75 Å². The topological polar surface area (TPSA) is 84.5 Å². The normalized spacial score (nSPS) is 11.1. The molecule has 0 saturated heterocycles. The fourth-order valence-corrected chi connectivity index (χ4v) is 4.84. The maximum absolute atomic E-state index is 12.3. The molecule has 0 fully saturated rings. The molecular weight excluding hydrogens is 420 g/mol. The van der Waals surface area contributed by atoms with E-state index in [0.29, 0.717) is 24.4 Å². The summed E-state index contributed by atoms with van der Waals surface area (Å²) >= 11 is 1.14. The van der Waals surface area contributed by atoms with Crippen molar-refractivity contribution < 1.29 is 17.9 Å². The van der Waals surface area contributed by atoms with Crippen molar-refractivity contribution in [3.63, 3.8) is 0 Å². The second kappa shape index (κ2) is 10.3. The number of nitrogens with one attached hydrogen (secondary N) is 2. The van der Waals surface area contributed by atoms with Gasteiger partial charge in [0.1, 0.15) is 16.6 Å². The van der Waals surface area contributed by atoms with Gasteiger partial charge in [-0.05, 0) is 59.8 Å². The summed E-state index contributed by atoms with van der Waals surface area (Å²) in [7, 11) is -3.60. The van der Waals surface area contributed by atoms with Crippen LogP contribution in [-0.4, -0.2) is 27.5 Å². The van der Waals surface area contributed by atoms with Gasteiger partial charge in [0.15, 0.2) is 0 Å².